The minimum Gasteiger partial charge on any atom is -0.385 e. The number of ether oxygens (including phenoxy) is 1. The van der Waals surface area contributed by atoms with Crippen molar-refractivity contribution in [2.24, 2.45) is 0 Å². The predicted molar refractivity (Wildman–Crippen MR) is 43.4 cm³/mol. The lowest BCUT2D eigenvalue weighted by molar-refractivity contribution is -0.122. The number of methoxy groups -OCH3 is 1. The molecule has 66 valence electrons. The minimum absolute atomic E-state index is 0.00421. The lowest BCUT2D eigenvalue weighted by Crippen LogP contribution is -2.41. The van der Waals surface area contributed by atoms with Crippen LogP contribution in [0.4, 0.5) is 0 Å². The fourth-order valence-electron chi connectivity index (χ4n) is 0.816. The Hall–Kier alpha value is -0.610. The maximum Gasteiger partial charge on any atom is 0.236 e. The number of likely N-dealkylation sites (N-methyl/N-ethyl adjacent to an activating group) is 2. The van der Waals surface area contributed by atoms with Crippen LogP contribution < -0.4 is 10.6 Å². The molecular weight excluding hydrogens is 144 g/mol. The summed E-state index contributed by atoms with van der Waals surface area (Å²) in [4.78, 5) is 11.0. The lowest BCUT2D eigenvalue weighted by atomic mass is 10.2. The van der Waals surface area contributed by atoms with Crippen LogP contribution in [-0.4, -0.2) is 39.8 Å². The van der Waals surface area contributed by atoms with E-state index >= 15 is 0 Å². The number of hydrogen-bond acceptors (Lipinski definition) is 3. The molecule has 0 radical (unpaired) electrons. The highest BCUT2D eigenvalue weighted by molar-refractivity contribution is 5.81. The van der Waals surface area contributed by atoms with Crippen molar-refractivity contribution in [3.05, 3.63) is 0 Å². The molecule has 0 spiro atoms. The quantitative estimate of drug-likeness (QED) is 0.562. The van der Waals surface area contributed by atoms with Crippen molar-refractivity contribution in [3.63, 3.8) is 0 Å². The molecule has 0 aliphatic carbocycles. The van der Waals surface area contributed by atoms with Gasteiger partial charge in [0.05, 0.1) is 6.04 Å². The largest absolute Gasteiger partial charge is 0.385 e. The van der Waals surface area contributed by atoms with Gasteiger partial charge in [0.15, 0.2) is 0 Å². The van der Waals surface area contributed by atoms with Crippen LogP contribution in [0.2, 0.25) is 0 Å². The lowest BCUT2D eigenvalue weighted by Gasteiger charge is -2.12. The Morgan fingerprint density at radius 2 is 2.18 bits per heavy atom. The first-order chi connectivity index (χ1) is 5.26. The summed E-state index contributed by atoms with van der Waals surface area (Å²) in [5.74, 6) is 0.00421. The summed E-state index contributed by atoms with van der Waals surface area (Å²) in [6.45, 7) is 0.596. The number of hydrogen-bond donors (Lipinski definition) is 2. The van der Waals surface area contributed by atoms with Crippen molar-refractivity contribution in [1.82, 2.24) is 10.6 Å². The topological polar surface area (TPSA) is 50.4 Å². The van der Waals surface area contributed by atoms with E-state index in [1.54, 1.807) is 21.2 Å². The molecule has 0 heterocycles. The molecule has 0 saturated carbocycles. The summed E-state index contributed by atoms with van der Waals surface area (Å²) in [6, 6.07) is -0.139. The third kappa shape index (κ3) is 3.95. The summed E-state index contributed by atoms with van der Waals surface area (Å²) >= 11 is 0. The van der Waals surface area contributed by atoms with Crippen molar-refractivity contribution in [3.8, 4) is 0 Å². The molecule has 0 fully saturated rings. The molecule has 11 heavy (non-hydrogen) atoms. The van der Waals surface area contributed by atoms with Gasteiger partial charge in [-0.3, -0.25) is 4.79 Å². The van der Waals surface area contributed by atoms with Crippen LogP contribution in [0.15, 0.2) is 0 Å². The average Bonchev–Trinajstić information content (AvgIpc) is 2.05. The molecule has 2 N–H and O–H groups in total. The second-order valence-corrected chi connectivity index (χ2v) is 2.24. The van der Waals surface area contributed by atoms with Crippen molar-refractivity contribution >= 4 is 5.91 Å². The van der Waals surface area contributed by atoms with E-state index in [1.807, 2.05) is 0 Å². The zero-order valence-corrected chi connectivity index (χ0v) is 7.31. The molecule has 0 aliphatic rings. The fourth-order valence-corrected chi connectivity index (χ4v) is 0.816. The summed E-state index contributed by atoms with van der Waals surface area (Å²) < 4.78 is 4.85. The molecular formula is C7H16N2O2. The molecule has 1 atom stereocenters. The monoisotopic (exact) mass is 160 g/mol. The predicted octanol–water partition coefficient (Wildman–Crippen LogP) is -0.643. The van der Waals surface area contributed by atoms with Gasteiger partial charge in [-0.05, 0) is 13.5 Å². The third-order valence-electron chi connectivity index (χ3n) is 1.52. The average molecular weight is 160 g/mol. The summed E-state index contributed by atoms with van der Waals surface area (Å²) in [5.41, 5.74) is 0. The van der Waals surface area contributed by atoms with Gasteiger partial charge in [0, 0.05) is 20.8 Å². The van der Waals surface area contributed by atoms with E-state index in [1.165, 1.54) is 0 Å². The van der Waals surface area contributed by atoms with Gasteiger partial charge in [0.2, 0.25) is 5.91 Å². The highest BCUT2D eigenvalue weighted by Gasteiger charge is 2.12. The molecule has 4 heteroatoms. The Kier molecular flexibility index (Phi) is 5.78. The number of carbonyl (C=O) groups excluding carboxylic acids is 1. The molecule has 0 rings (SSSR count). The molecule has 0 bridgehead atoms. The third-order valence-corrected chi connectivity index (χ3v) is 1.52. The van der Waals surface area contributed by atoms with E-state index in [2.05, 4.69) is 10.6 Å². The Morgan fingerprint density at radius 1 is 1.55 bits per heavy atom. The van der Waals surface area contributed by atoms with E-state index < -0.39 is 0 Å². The maximum absolute atomic E-state index is 11.0. The van der Waals surface area contributed by atoms with Gasteiger partial charge in [-0.15, -0.1) is 0 Å². The number of nitrogens with one attached hydrogen (secondary N) is 2. The Labute approximate surface area is 67.3 Å². The maximum atomic E-state index is 11.0. The molecule has 0 saturated heterocycles. The van der Waals surface area contributed by atoms with Crippen LogP contribution in [0.3, 0.4) is 0 Å². The van der Waals surface area contributed by atoms with Crippen molar-refractivity contribution in [1.29, 1.82) is 0 Å². The molecule has 0 unspecified atom stereocenters. The molecule has 0 aliphatic heterocycles. The molecule has 0 aromatic heterocycles. The van der Waals surface area contributed by atoms with Gasteiger partial charge < -0.3 is 15.4 Å². The minimum atomic E-state index is -0.139. The summed E-state index contributed by atoms with van der Waals surface area (Å²) in [5, 5.41) is 5.46. The molecule has 0 aromatic rings. The molecule has 0 aromatic carbocycles. The van der Waals surface area contributed by atoms with E-state index in [9.17, 15) is 4.79 Å². The van der Waals surface area contributed by atoms with Gasteiger partial charge in [-0.25, -0.2) is 0 Å². The van der Waals surface area contributed by atoms with Gasteiger partial charge >= 0.3 is 0 Å². The molecule has 4 nitrogen and oxygen atoms in total. The Morgan fingerprint density at radius 3 is 2.55 bits per heavy atom. The smallest absolute Gasteiger partial charge is 0.236 e. The van der Waals surface area contributed by atoms with Crippen LogP contribution in [-0.2, 0) is 9.53 Å². The van der Waals surface area contributed by atoms with Crippen LogP contribution >= 0.6 is 0 Å². The first-order valence-electron chi connectivity index (χ1n) is 3.64. The fraction of sp³-hybridized carbons (Fsp3) is 0.857. The first-order valence-corrected chi connectivity index (χ1v) is 3.64. The van der Waals surface area contributed by atoms with Gasteiger partial charge in [0.25, 0.3) is 0 Å². The van der Waals surface area contributed by atoms with Gasteiger partial charge in [-0.1, -0.05) is 0 Å². The van der Waals surface area contributed by atoms with Crippen molar-refractivity contribution in [2.45, 2.75) is 12.5 Å². The SMILES string of the molecule is CNC(=O)[C@@H](CCOC)NC. The second kappa shape index (κ2) is 6.12. The van der Waals surface area contributed by atoms with E-state index in [4.69, 9.17) is 4.74 Å². The van der Waals surface area contributed by atoms with Crippen LogP contribution in [0.5, 0.6) is 0 Å². The highest BCUT2D eigenvalue weighted by atomic mass is 16.5. The Bertz CT molecular complexity index is 117. The highest BCUT2D eigenvalue weighted by Crippen LogP contribution is 1.90. The Balaban J connectivity index is 3.65. The first kappa shape index (κ1) is 10.4. The van der Waals surface area contributed by atoms with Crippen LogP contribution in [0.25, 0.3) is 0 Å². The van der Waals surface area contributed by atoms with Crippen molar-refractivity contribution in [2.75, 3.05) is 27.8 Å². The summed E-state index contributed by atoms with van der Waals surface area (Å²) in [6.07, 6.45) is 0.701. The van der Waals surface area contributed by atoms with Gasteiger partial charge in [0.1, 0.15) is 0 Å². The van der Waals surface area contributed by atoms with Crippen LogP contribution in [0, 0.1) is 0 Å². The number of rotatable bonds is 5. The second-order valence-electron chi connectivity index (χ2n) is 2.24. The number of carbonyl (C=O) groups is 1. The normalized spacial score (nSPS) is 12.6. The number of amides is 1. The van der Waals surface area contributed by atoms with E-state index in [-0.39, 0.29) is 11.9 Å². The standard InChI is InChI=1S/C7H16N2O2/c1-8-6(4-5-11-3)7(10)9-2/h6,8H,4-5H2,1-3H3,(H,9,10)/t6-/m1/s1. The van der Waals surface area contributed by atoms with Crippen LogP contribution in [0.1, 0.15) is 6.42 Å². The summed E-state index contributed by atoms with van der Waals surface area (Å²) in [7, 11) is 5.01. The zero-order valence-electron chi connectivity index (χ0n) is 7.31. The van der Waals surface area contributed by atoms with Crippen molar-refractivity contribution < 1.29 is 9.53 Å². The zero-order chi connectivity index (χ0) is 8.69. The van der Waals surface area contributed by atoms with Gasteiger partial charge in [-0.2, -0.15) is 0 Å². The molecule has 1 amide bonds. The van der Waals surface area contributed by atoms with E-state index in [0.29, 0.717) is 13.0 Å². The van der Waals surface area contributed by atoms with E-state index in [0.717, 1.165) is 0 Å².